The molecule has 0 amide bonds. The molecule has 0 saturated carbocycles. The van der Waals surface area contributed by atoms with Gasteiger partial charge in [0.05, 0.1) is 6.04 Å². The fourth-order valence-corrected chi connectivity index (χ4v) is 1.83. The first-order valence-corrected chi connectivity index (χ1v) is 4.60. The number of aromatic nitrogens is 2. The molecule has 0 radical (unpaired) electrons. The minimum Gasteiger partial charge on any atom is -0.312 e. The predicted octanol–water partition coefficient (Wildman–Crippen LogP) is 2.04. The quantitative estimate of drug-likeness (QED) is 0.854. The van der Waals surface area contributed by atoms with Gasteiger partial charge in [0.1, 0.15) is 0 Å². The Hall–Kier alpha value is -0.250. The lowest BCUT2D eigenvalue weighted by Crippen LogP contribution is -2.30. The van der Waals surface area contributed by atoms with Gasteiger partial charge in [0, 0.05) is 18.4 Å². The zero-order valence-electron chi connectivity index (χ0n) is 8.22. The van der Waals surface area contributed by atoms with Crippen LogP contribution in [-0.2, 0) is 0 Å². The van der Waals surface area contributed by atoms with Crippen LogP contribution in [0.4, 0.5) is 0 Å². The molecule has 0 bridgehead atoms. The minimum absolute atomic E-state index is 0. The number of nitrogens with zero attached hydrogens (tertiary/aromatic N) is 2. The molecular weight excluding hydrogens is 221 g/mol. The largest absolute Gasteiger partial charge is 0.312 e. The lowest BCUT2D eigenvalue weighted by atomic mass is 10.1. The molecular formula is C9H17Cl2N3. The Kier molecular flexibility index (Phi) is 6.16. The van der Waals surface area contributed by atoms with Crippen molar-refractivity contribution in [1.29, 1.82) is 0 Å². The molecule has 2 atom stereocenters. The summed E-state index contributed by atoms with van der Waals surface area (Å²) >= 11 is 0. The van der Waals surface area contributed by atoms with Crippen LogP contribution in [0.1, 0.15) is 25.8 Å². The van der Waals surface area contributed by atoms with Crippen molar-refractivity contribution in [2.24, 2.45) is 0 Å². The van der Waals surface area contributed by atoms with Crippen LogP contribution >= 0.6 is 24.8 Å². The normalized spacial score (nSPS) is 22.2. The fourth-order valence-electron chi connectivity index (χ4n) is 1.83. The van der Waals surface area contributed by atoms with E-state index in [9.17, 15) is 0 Å². The minimum atomic E-state index is 0. The Morgan fingerprint density at radius 3 is 2.79 bits per heavy atom. The average molecular weight is 238 g/mol. The van der Waals surface area contributed by atoms with Gasteiger partial charge in [-0.1, -0.05) is 0 Å². The van der Waals surface area contributed by atoms with Gasteiger partial charge in [-0.15, -0.1) is 24.8 Å². The van der Waals surface area contributed by atoms with E-state index >= 15 is 0 Å². The summed E-state index contributed by atoms with van der Waals surface area (Å²) in [6, 6.07) is 3.08. The van der Waals surface area contributed by atoms with Crippen LogP contribution in [-0.4, -0.2) is 22.4 Å². The molecule has 0 aliphatic carbocycles. The summed E-state index contributed by atoms with van der Waals surface area (Å²) in [5.41, 5.74) is 0. The monoisotopic (exact) mass is 237 g/mol. The third-order valence-electron chi connectivity index (χ3n) is 2.62. The Balaban J connectivity index is 0.000000845. The van der Waals surface area contributed by atoms with Crippen LogP contribution in [0, 0.1) is 0 Å². The zero-order chi connectivity index (χ0) is 8.39. The van der Waals surface area contributed by atoms with Crippen molar-refractivity contribution < 1.29 is 0 Å². The molecule has 2 rings (SSSR count). The number of rotatable bonds is 2. The highest BCUT2D eigenvalue weighted by Gasteiger charge is 2.21. The second-order valence-corrected chi connectivity index (χ2v) is 3.43. The van der Waals surface area contributed by atoms with E-state index in [1.165, 1.54) is 12.8 Å². The van der Waals surface area contributed by atoms with Crippen LogP contribution in [0.25, 0.3) is 0 Å². The summed E-state index contributed by atoms with van der Waals surface area (Å²) in [6.45, 7) is 3.38. The van der Waals surface area contributed by atoms with Gasteiger partial charge in [0.25, 0.3) is 0 Å². The molecule has 2 heterocycles. The number of nitrogens with one attached hydrogen (secondary N) is 1. The van der Waals surface area contributed by atoms with Crippen molar-refractivity contribution in [2.45, 2.75) is 31.8 Å². The molecule has 3 nitrogen and oxygen atoms in total. The Labute approximate surface area is 97.1 Å². The van der Waals surface area contributed by atoms with Crippen molar-refractivity contribution >= 4 is 24.8 Å². The van der Waals surface area contributed by atoms with Crippen LogP contribution in [0.15, 0.2) is 18.5 Å². The van der Waals surface area contributed by atoms with E-state index in [-0.39, 0.29) is 24.8 Å². The molecule has 1 aliphatic rings. The van der Waals surface area contributed by atoms with E-state index < -0.39 is 0 Å². The molecule has 1 aromatic rings. The van der Waals surface area contributed by atoms with E-state index in [2.05, 4.69) is 17.3 Å². The smallest absolute Gasteiger partial charge is 0.0643 e. The molecule has 2 unspecified atom stereocenters. The molecule has 1 saturated heterocycles. The summed E-state index contributed by atoms with van der Waals surface area (Å²) < 4.78 is 2.03. The van der Waals surface area contributed by atoms with Gasteiger partial charge in [-0.3, -0.25) is 4.68 Å². The van der Waals surface area contributed by atoms with Gasteiger partial charge in [0.2, 0.25) is 0 Å². The second kappa shape index (κ2) is 6.27. The zero-order valence-corrected chi connectivity index (χ0v) is 9.85. The maximum Gasteiger partial charge on any atom is 0.0643 e. The maximum absolute atomic E-state index is 4.24. The first-order chi connectivity index (χ1) is 5.88. The summed E-state index contributed by atoms with van der Waals surface area (Å²) in [5, 5.41) is 7.72. The Bertz CT molecular complexity index is 232. The van der Waals surface area contributed by atoms with Gasteiger partial charge >= 0.3 is 0 Å². The Morgan fingerprint density at radius 1 is 1.50 bits per heavy atom. The number of hydrogen-bond donors (Lipinski definition) is 1. The molecule has 0 aromatic carbocycles. The SMILES string of the molecule is CC(C1CCCN1)n1cccn1.Cl.Cl. The van der Waals surface area contributed by atoms with Crippen LogP contribution in [0.5, 0.6) is 0 Å². The summed E-state index contributed by atoms with van der Waals surface area (Å²) in [4.78, 5) is 0. The standard InChI is InChI=1S/C9H15N3.2ClH/c1-8(9-4-2-5-10-9)12-7-3-6-11-12;;/h3,6-10H,2,4-5H2,1H3;2*1H. The molecule has 82 valence electrons. The van der Waals surface area contributed by atoms with Crippen molar-refractivity contribution in [3.63, 3.8) is 0 Å². The van der Waals surface area contributed by atoms with Crippen LogP contribution in [0.3, 0.4) is 0 Å². The molecule has 14 heavy (non-hydrogen) atoms. The molecule has 1 fully saturated rings. The van der Waals surface area contributed by atoms with Gasteiger partial charge in [-0.2, -0.15) is 5.10 Å². The molecule has 1 aliphatic heterocycles. The summed E-state index contributed by atoms with van der Waals surface area (Å²) in [7, 11) is 0. The van der Waals surface area contributed by atoms with Gasteiger partial charge < -0.3 is 5.32 Å². The number of halogens is 2. The van der Waals surface area contributed by atoms with E-state index in [0.717, 1.165) is 6.54 Å². The molecule has 0 spiro atoms. The van der Waals surface area contributed by atoms with E-state index in [1.54, 1.807) is 0 Å². The molecule has 1 aromatic heterocycles. The van der Waals surface area contributed by atoms with Gasteiger partial charge in [-0.05, 0) is 32.4 Å². The highest BCUT2D eigenvalue weighted by molar-refractivity contribution is 5.85. The van der Waals surface area contributed by atoms with Crippen molar-refractivity contribution in [3.05, 3.63) is 18.5 Å². The van der Waals surface area contributed by atoms with E-state index in [0.29, 0.717) is 12.1 Å². The van der Waals surface area contributed by atoms with Crippen LogP contribution in [0.2, 0.25) is 0 Å². The third-order valence-corrected chi connectivity index (χ3v) is 2.62. The van der Waals surface area contributed by atoms with Gasteiger partial charge in [0.15, 0.2) is 0 Å². The lowest BCUT2D eigenvalue weighted by molar-refractivity contribution is 0.379. The molecule has 5 heteroatoms. The highest BCUT2D eigenvalue weighted by Crippen LogP contribution is 2.17. The first kappa shape index (κ1) is 13.8. The second-order valence-electron chi connectivity index (χ2n) is 3.43. The summed E-state index contributed by atoms with van der Waals surface area (Å²) in [5.74, 6) is 0. The number of hydrogen-bond acceptors (Lipinski definition) is 2. The van der Waals surface area contributed by atoms with Gasteiger partial charge in [-0.25, -0.2) is 0 Å². The van der Waals surface area contributed by atoms with Crippen molar-refractivity contribution in [1.82, 2.24) is 15.1 Å². The lowest BCUT2D eigenvalue weighted by Gasteiger charge is -2.19. The third kappa shape index (κ3) is 2.87. The Morgan fingerprint density at radius 2 is 2.29 bits per heavy atom. The first-order valence-electron chi connectivity index (χ1n) is 4.60. The maximum atomic E-state index is 4.24. The van der Waals surface area contributed by atoms with Crippen molar-refractivity contribution in [2.75, 3.05) is 6.54 Å². The molecule has 1 N–H and O–H groups in total. The highest BCUT2D eigenvalue weighted by atomic mass is 35.5. The fraction of sp³-hybridized carbons (Fsp3) is 0.667. The van der Waals surface area contributed by atoms with Crippen molar-refractivity contribution in [3.8, 4) is 0 Å². The average Bonchev–Trinajstić information content (AvgIpc) is 2.77. The summed E-state index contributed by atoms with van der Waals surface area (Å²) in [6.07, 6.45) is 6.45. The van der Waals surface area contributed by atoms with E-state index in [1.807, 2.05) is 23.1 Å². The topological polar surface area (TPSA) is 29.9 Å². The predicted molar refractivity (Wildman–Crippen MR) is 62.5 cm³/mol. The van der Waals surface area contributed by atoms with Crippen LogP contribution < -0.4 is 5.32 Å². The van der Waals surface area contributed by atoms with E-state index in [4.69, 9.17) is 0 Å².